The lowest BCUT2D eigenvalue weighted by Gasteiger charge is -2.19. The van der Waals surface area contributed by atoms with Gasteiger partial charge in [0.05, 0.1) is 0 Å². The Balaban J connectivity index is 2.04. The minimum absolute atomic E-state index is 0.252. The van der Waals surface area contributed by atoms with Crippen LogP contribution in [-0.4, -0.2) is 22.6 Å². The second-order valence-corrected chi connectivity index (χ2v) is 6.41. The molecule has 0 aliphatic carbocycles. The topological polar surface area (TPSA) is 54.5 Å². The molecule has 3 amide bonds. The molecule has 0 spiro atoms. The lowest BCUT2D eigenvalue weighted by atomic mass is 10.1. The predicted molar refractivity (Wildman–Crippen MR) is 102 cm³/mol. The van der Waals surface area contributed by atoms with Crippen molar-refractivity contribution in [3.8, 4) is 0 Å². The molecule has 0 aliphatic heterocycles. The predicted octanol–water partition coefficient (Wildman–Crippen LogP) is 4.57. The highest BCUT2D eigenvalue weighted by Gasteiger charge is 2.31. The number of carbonyl (C=O) groups excluding carboxylic acids is 3. The van der Waals surface area contributed by atoms with Crippen LogP contribution in [0.3, 0.4) is 0 Å². The van der Waals surface area contributed by atoms with E-state index in [1.807, 2.05) is 0 Å². The largest absolute Gasteiger partial charge is 0.268 e. The third kappa shape index (κ3) is 3.78. The summed E-state index contributed by atoms with van der Waals surface area (Å²) in [5.41, 5.74) is 0.784. The minimum atomic E-state index is -0.666. The molecule has 0 saturated carbocycles. The van der Waals surface area contributed by atoms with Gasteiger partial charge >= 0.3 is 0 Å². The number of benzene rings is 3. The van der Waals surface area contributed by atoms with E-state index >= 15 is 0 Å². The molecule has 0 aromatic heterocycles. The fourth-order valence-corrected chi connectivity index (χ4v) is 2.68. The molecule has 0 heterocycles. The number of hydrogen-bond donors (Lipinski definition) is 0. The second-order valence-electron chi connectivity index (χ2n) is 5.49. The zero-order valence-electron chi connectivity index (χ0n) is 13.6. The lowest BCUT2D eigenvalue weighted by Crippen LogP contribution is -2.42. The first-order valence-electron chi connectivity index (χ1n) is 7.86. The van der Waals surface area contributed by atoms with Crippen LogP contribution in [-0.2, 0) is 0 Å². The Morgan fingerprint density at radius 1 is 0.538 bits per heavy atom. The summed E-state index contributed by atoms with van der Waals surface area (Å²) in [4.78, 5) is 39.5. The van der Waals surface area contributed by atoms with Crippen molar-refractivity contribution in [3.05, 3.63) is 106 Å². The van der Waals surface area contributed by atoms with Crippen LogP contribution in [0.25, 0.3) is 0 Å². The normalized spacial score (nSPS) is 10.2. The smallest absolute Gasteiger partial charge is 0.267 e. The first-order chi connectivity index (χ1) is 12.6. The SMILES string of the molecule is O=C(c1ccccc1)N(C(=O)c1ccccc1)C(=O)c1ccc(Br)cc1. The minimum Gasteiger partial charge on any atom is -0.268 e. The molecule has 128 valence electrons. The van der Waals surface area contributed by atoms with Crippen LogP contribution >= 0.6 is 15.9 Å². The molecule has 5 heteroatoms. The van der Waals surface area contributed by atoms with Gasteiger partial charge in [-0.2, -0.15) is 0 Å². The van der Waals surface area contributed by atoms with Crippen molar-refractivity contribution in [2.75, 3.05) is 0 Å². The molecule has 0 saturated heterocycles. The van der Waals surface area contributed by atoms with E-state index in [-0.39, 0.29) is 16.7 Å². The summed E-state index contributed by atoms with van der Waals surface area (Å²) in [6, 6.07) is 23.0. The van der Waals surface area contributed by atoms with E-state index in [1.54, 1.807) is 84.9 Å². The summed E-state index contributed by atoms with van der Waals surface area (Å²) >= 11 is 3.30. The Morgan fingerprint density at radius 2 is 0.885 bits per heavy atom. The molecule has 4 nitrogen and oxygen atoms in total. The molecular formula is C21H14BrNO3. The van der Waals surface area contributed by atoms with Gasteiger partial charge in [0, 0.05) is 21.2 Å². The number of hydrogen-bond acceptors (Lipinski definition) is 3. The average Bonchev–Trinajstić information content (AvgIpc) is 2.69. The van der Waals surface area contributed by atoms with Crippen molar-refractivity contribution in [1.29, 1.82) is 0 Å². The van der Waals surface area contributed by atoms with E-state index < -0.39 is 17.7 Å². The molecule has 0 atom stereocenters. The fourth-order valence-electron chi connectivity index (χ4n) is 2.42. The summed E-state index contributed by atoms with van der Waals surface area (Å²) in [6.45, 7) is 0. The summed E-state index contributed by atoms with van der Waals surface area (Å²) in [6.07, 6.45) is 0. The first-order valence-corrected chi connectivity index (χ1v) is 8.66. The number of amides is 3. The van der Waals surface area contributed by atoms with Crippen molar-refractivity contribution < 1.29 is 14.4 Å². The molecule has 3 aromatic carbocycles. The van der Waals surface area contributed by atoms with E-state index in [2.05, 4.69) is 15.9 Å². The molecule has 0 bridgehead atoms. The van der Waals surface area contributed by atoms with E-state index in [0.717, 1.165) is 4.47 Å². The van der Waals surface area contributed by atoms with Gasteiger partial charge in [0.25, 0.3) is 17.7 Å². The van der Waals surface area contributed by atoms with Crippen LogP contribution in [0.5, 0.6) is 0 Å². The molecular weight excluding hydrogens is 394 g/mol. The molecule has 0 N–H and O–H groups in total. The van der Waals surface area contributed by atoms with E-state index in [0.29, 0.717) is 4.90 Å². The van der Waals surface area contributed by atoms with E-state index in [4.69, 9.17) is 0 Å². The number of imide groups is 3. The lowest BCUT2D eigenvalue weighted by molar-refractivity contribution is 0.0538. The zero-order valence-corrected chi connectivity index (χ0v) is 15.2. The van der Waals surface area contributed by atoms with Gasteiger partial charge < -0.3 is 0 Å². The Hall–Kier alpha value is -3.05. The molecule has 3 rings (SSSR count). The fraction of sp³-hybridized carbons (Fsp3) is 0. The van der Waals surface area contributed by atoms with Crippen molar-refractivity contribution in [3.63, 3.8) is 0 Å². The summed E-state index contributed by atoms with van der Waals surface area (Å²) in [5, 5.41) is 0. The first kappa shape index (κ1) is 17.8. The van der Waals surface area contributed by atoms with E-state index in [9.17, 15) is 14.4 Å². The van der Waals surface area contributed by atoms with Crippen molar-refractivity contribution in [2.24, 2.45) is 0 Å². The van der Waals surface area contributed by atoms with Crippen LogP contribution in [0.1, 0.15) is 31.1 Å². The highest BCUT2D eigenvalue weighted by Crippen LogP contribution is 2.17. The van der Waals surface area contributed by atoms with Gasteiger partial charge in [-0.05, 0) is 48.5 Å². The molecule has 0 fully saturated rings. The van der Waals surface area contributed by atoms with Gasteiger partial charge in [0.15, 0.2) is 0 Å². The van der Waals surface area contributed by atoms with Crippen molar-refractivity contribution >= 4 is 33.7 Å². The number of halogens is 1. The van der Waals surface area contributed by atoms with Crippen LogP contribution in [0.15, 0.2) is 89.4 Å². The van der Waals surface area contributed by atoms with Gasteiger partial charge in [-0.25, -0.2) is 4.90 Å². The Morgan fingerprint density at radius 3 is 1.27 bits per heavy atom. The quantitative estimate of drug-likeness (QED) is 0.597. The summed E-state index contributed by atoms with van der Waals surface area (Å²) < 4.78 is 0.796. The van der Waals surface area contributed by atoms with Crippen LogP contribution in [0.2, 0.25) is 0 Å². The number of nitrogens with zero attached hydrogens (tertiary/aromatic N) is 1. The highest BCUT2D eigenvalue weighted by atomic mass is 79.9. The van der Waals surface area contributed by atoms with E-state index in [1.165, 1.54) is 0 Å². The average molecular weight is 408 g/mol. The van der Waals surface area contributed by atoms with Gasteiger partial charge in [0.2, 0.25) is 0 Å². The number of carbonyl (C=O) groups is 3. The summed E-state index contributed by atoms with van der Waals surface area (Å²) in [5.74, 6) is -1.99. The third-order valence-corrected chi connectivity index (χ3v) is 4.27. The van der Waals surface area contributed by atoms with Gasteiger partial charge in [-0.1, -0.05) is 52.3 Å². The zero-order chi connectivity index (χ0) is 18.5. The van der Waals surface area contributed by atoms with Crippen molar-refractivity contribution in [1.82, 2.24) is 4.90 Å². The van der Waals surface area contributed by atoms with Crippen LogP contribution in [0, 0.1) is 0 Å². The maximum atomic E-state index is 13.0. The van der Waals surface area contributed by atoms with Gasteiger partial charge in [-0.15, -0.1) is 0 Å². The van der Waals surface area contributed by atoms with Crippen LogP contribution < -0.4 is 0 Å². The van der Waals surface area contributed by atoms with Crippen LogP contribution in [0.4, 0.5) is 0 Å². The third-order valence-electron chi connectivity index (χ3n) is 3.74. The molecule has 0 radical (unpaired) electrons. The highest BCUT2D eigenvalue weighted by molar-refractivity contribution is 9.10. The number of rotatable bonds is 3. The molecule has 26 heavy (non-hydrogen) atoms. The monoisotopic (exact) mass is 407 g/mol. The van der Waals surface area contributed by atoms with Gasteiger partial charge in [0.1, 0.15) is 0 Å². The molecule has 0 aliphatic rings. The van der Waals surface area contributed by atoms with Crippen molar-refractivity contribution in [2.45, 2.75) is 0 Å². The summed E-state index contributed by atoms with van der Waals surface area (Å²) in [7, 11) is 0. The standard InChI is InChI=1S/C21H14BrNO3/c22-18-13-11-17(12-14-18)21(26)23(19(24)15-7-3-1-4-8-15)20(25)16-9-5-2-6-10-16/h1-14H. The maximum Gasteiger partial charge on any atom is 0.267 e. The second kappa shape index (κ2) is 7.89. The van der Waals surface area contributed by atoms with Gasteiger partial charge in [-0.3, -0.25) is 14.4 Å². The maximum absolute atomic E-state index is 13.0. The Kier molecular flexibility index (Phi) is 5.39. The Labute approximate surface area is 159 Å². The molecule has 0 unspecified atom stereocenters. The molecule has 3 aromatic rings. The Bertz CT molecular complexity index is 887.